The van der Waals surface area contributed by atoms with Crippen molar-refractivity contribution in [3.8, 4) is 0 Å². The van der Waals surface area contributed by atoms with Crippen LogP contribution >= 0.6 is 0 Å². The van der Waals surface area contributed by atoms with Crippen molar-refractivity contribution in [1.82, 2.24) is 10.2 Å². The zero-order chi connectivity index (χ0) is 16.5. The summed E-state index contributed by atoms with van der Waals surface area (Å²) >= 11 is 0. The maximum Gasteiger partial charge on any atom is 0.252 e. The largest absolute Gasteiger partial charge is 0.368 e. The Labute approximate surface area is 142 Å². The lowest BCUT2D eigenvalue weighted by Gasteiger charge is -2.25. The van der Waals surface area contributed by atoms with Gasteiger partial charge in [0.25, 0.3) is 11.8 Å². The number of ether oxygens (including phenoxy) is 1. The van der Waals surface area contributed by atoms with Gasteiger partial charge in [0, 0.05) is 30.8 Å². The molecule has 3 fully saturated rings. The molecular weight excluding hydrogens is 304 g/mol. The predicted molar refractivity (Wildman–Crippen MR) is 89.5 cm³/mol. The minimum absolute atomic E-state index is 0.00136. The van der Waals surface area contributed by atoms with Crippen LogP contribution in [0.3, 0.4) is 0 Å². The molecule has 1 aliphatic heterocycles. The summed E-state index contributed by atoms with van der Waals surface area (Å²) in [6.07, 6.45) is 5.90. The molecule has 5 nitrogen and oxygen atoms in total. The van der Waals surface area contributed by atoms with Crippen LogP contribution < -0.4 is 5.32 Å². The maximum atomic E-state index is 12.7. The second-order valence-corrected chi connectivity index (χ2v) is 7.14. The van der Waals surface area contributed by atoms with Crippen molar-refractivity contribution in [2.45, 2.75) is 63.3 Å². The van der Waals surface area contributed by atoms with Crippen LogP contribution in [-0.4, -0.2) is 41.5 Å². The molecule has 5 heteroatoms. The Morgan fingerprint density at radius 3 is 2.42 bits per heavy atom. The van der Waals surface area contributed by atoms with Gasteiger partial charge < -0.3 is 15.0 Å². The van der Waals surface area contributed by atoms with E-state index >= 15 is 0 Å². The fourth-order valence-electron chi connectivity index (χ4n) is 3.19. The van der Waals surface area contributed by atoms with Crippen LogP contribution in [0.4, 0.5) is 0 Å². The number of rotatable bonds is 6. The molecule has 1 aromatic carbocycles. The van der Waals surface area contributed by atoms with E-state index in [4.69, 9.17) is 4.74 Å². The maximum absolute atomic E-state index is 12.7. The van der Waals surface area contributed by atoms with Gasteiger partial charge in [0.2, 0.25) is 0 Å². The fourth-order valence-corrected chi connectivity index (χ4v) is 3.19. The highest BCUT2D eigenvalue weighted by molar-refractivity contribution is 5.94. The molecule has 0 spiro atoms. The quantitative estimate of drug-likeness (QED) is 0.871. The van der Waals surface area contributed by atoms with Gasteiger partial charge in [-0.2, -0.15) is 0 Å². The first-order valence-corrected chi connectivity index (χ1v) is 9.02. The van der Waals surface area contributed by atoms with E-state index in [9.17, 15) is 9.59 Å². The zero-order valence-corrected chi connectivity index (χ0v) is 13.9. The molecule has 2 amide bonds. The molecule has 0 bridgehead atoms. The number of benzene rings is 1. The number of nitrogens with zero attached hydrogens (tertiary/aromatic N) is 1. The lowest BCUT2D eigenvalue weighted by Crippen LogP contribution is -2.39. The van der Waals surface area contributed by atoms with Gasteiger partial charge in [0.1, 0.15) is 6.10 Å². The SMILES string of the molecule is O=C(NC1CC1)c1ccc(CN(C(=O)[C@@H]2CCCO2)C2CC2)cc1. The standard InChI is InChI=1S/C19H24N2O3/c22-18(20-15-7-8-15)14-5-3-13(4-6-14)12-21(16-9-10-16)19(23)17-2-1-11-24-17/h3-6,15-17H,1-2,7-12H2,(H,20,22)/t17-/m0/s1. The molecule has 4 rings (SSSR count). The van der Waals surface area contributed by atoms with Crippen molar-refractivity contribution in [2.24, 2.45) is 0 Å². The molecule has 1 N–H and O–H groups in total. The first kappa shape index (κ1) is 15.6. The molecule has 1 aromatic rings. The highest BCUT2D eigenvalue weighted by Gasteiger charge is 2.37. The molecule has 1 atom stereocenters. The summed E-state index contributed by atoms with van der Waals surface area (Å²) in [5, 5.41) is 2.99. The summed E-state index contributed by atoms with van der Waals surface area (Å²) < 4.78 is 5.56. The Hall–Kier alpha value is -1.88. The summed E-state index contributed by atoms with van der Waals surface area (Å²) in [6.45, 7) is 1.30. The smallest absolute Gasteiger partial charge is 0.252 e. The Balaban J connectivity index is 1.40. The van der Waals surface area contributed by atoms with E-state index in [1.165, 1.54) is 0 Å². The average molecular weight is 328 g/mol. The second kappa shape index (κ2) is 6.55. The van der Waals surface area contributed by atoms with Crippen molar-refractivity contribution < 1.29 is 14.3 Å². The number of carbonyl (C=O) groups is 2. The third-order valence-electron chi connectivity index (χ3n) is 4.96. The Morgan fingerprint density at radius 1 is 1.08 bits per heavy atom. The van der Waals surface area contributed by atoms with Gasteiger partial charge in [-0.3, -0.25) is 9.59 Å². The molecule has 128 valence electrons. The van der Waals surface area contributed by atoms with Gasteiger partial charge in [0.15, 0.2) is 0 Å². The van der Waals surface area contributed by atoms with Crippen LogP contribution in [0.1, 0.15) is 54.4 Å². The molecule has 1 saturated heterocycles. The van der Waals surface area contributed by atoms with Crippen LogP contribution in [0, 0.1) is 0 Å². The number of nitrogens with one attached hydrogen (secondary N) is 1. The Bertz CT molecular complexity index is 614. The Morgan fingerprint density at radius 2 is 1.83 bits per heavy atom. The summed E-state index contributed by atoms with van der Waals surface area (Å²) in [5.41, 5.74) is 1.75. The Kier molecular flexibility index (Phi) is 4.27. The van der Waals surface area contributed by atoms with Crippen LogP contribution in [-0.2, 0) is 16.1 Å². The molecule has 1 heterocycles. The molecular formula is C19H24N2O3. The molecule has 0 unspecified atom stereocenters. The lowest BCUT2D eigenvalue weighted by atomic mass is 10.1. The monoisotopic (exact) mass is 328 g/mol. The summed E-state index contributed by atoms with van der Waals surface area (Å²) in [4.78, 5) is 26.7. The van der Waals surface area contributed by atoms with Crippen LogP contribution in [0.15, 0.2) is 24.3 Å². The molecule has 2 aliphatic carbocycles. The second-order valence-electron chi connectivity index (χ2n) is 7.14. The minimum atomic E-state index is -0.255. The summed E-state index contributed by atoms with van der Waals surface area (Å²) in [5.74, 6) is 0.129. The van der Waals surface area contributed by atoms with Crippen LogP contribution in [0.2, 0.25) is 0 Å². The van der Waals surface area contributed by atoms with Crippen LogP contribution in [0.5, 0.6) is 0 Å². The first-order valence-electron chi connectivity index (χ1n) is 9.02. The van der Waals surface area contributed by atoms with E-state index < -0.39 is 0 Å². The van der Waals surface area contributed by atoms with Gasteiger partial charge in [-0.1, -0.05) is 12.1 Å². The van der Waals surface area contributed by atoms with Crippen molar-refractivity contribution >= 4 is 11.8 Å². The highest BCUT2D eigenvalue weighted by atomic mass is 16.5. The molecule has 0 radical (unpaired) electrons. The van der Waals surface area contributed by atoms with E-state index in [2.05, 4.69) is 5.32 Å². The average Bonchev–Trinajstić information content (AvgIpc) is 3.53. The van der Waals surface area contributed by atoms with Crippen molar-refractivity contribution in [2.75, 3.05) is 6.61 Å². The first-order chi connectivity index (χ1) is 11.7. The summed E-state index contributed by atoms with van der Waals surface area (Å²) in [6, 6.07) is 8.36. The topological polar surface area (TPSA) is 58.6 Å². The summed E-state index contributed by atoms with van der Waals surface area (Å²) in [7, 11) is 0. The number of carbonyl (C=O) groups excluding carboxylic acids is 2. The van der Waals surface area contributed by atoms with Gasteiger partial charge in [-0.15, -0.1) is 0 Å². The van der Waals surface area contributed by atoms with E-state index in [0.29, 0.717) is 30.8 Å². The molecule has 0 aromatic heterocycles. The lowest BCUT2D eigenvalue weighted by molar-refractivity contribution is -0.142. The normalized spacial score (nSPS) is 23.1. The van der Waals surface area contributed by atoms with Gasteiger partial charge in [-0.05, 0) is 56.2 Å². The van der Waals surface area contributed by atoms with E-state index in [0.717, 1.165) is 44.1 Å². The minimum Gasteiger partial charge on any atom is -0.368 e. The number of hydrogen-bond acceptors (Lipinski definition) is 3. The van der Waals surface area contributed by atoms with Crippen molar-refractivity contribution in [1.29, 1.82) is 0 Å². The number of hydrogen-bond donors (Lipinski definition) is 1. The highest BCUT2D eigenvalue weighted by Crippen LogP contribution is 2.30. The molecule has 2 saturated carbocycles. The molecule has 24 heavy (non-hydrogen) atoms. The fraction of sp³-hybridized carbons (Fsp3) is 0.579. The van der Waals surface area contributed by atoms with Crippen molar-refractivity contribution in [3.63, 3.8) is 0 Å². The third kappa shape index (κ3) is 3.61. The van der Waals surface area contributed by atoms with E-state index in [1.807, 2.05) is 29.2 Å². The van der Waals surface area contributed by atoms with Gasteiger partial charge in [-0.25, -0.2) is 0 Å². The van der Waals surface area contributed by atoms with Gasteiger partial charge in [0.05, 0.1) is 0 Å². The predicted octanol–water partition coefficient (Wildman–Crippen LogP) is 2.25. The van der Waals surface area contributed by atoms with E-state index in [1.54, 1.807) is 0 Å². The van der Waals surface area contributed by atoms with E-state index in [-0.39, 0.29) is 17.9 Å². The zero-order valence-electron chi connectivity index (χ0n) is 13.9. The van der Waals surface area contributed by atoms with Crippen molar-refractivity contribution in [3.05, 3.63) is 35.4 Å². The number of amides is 2. The van der Waals surface area contributed by atoms with Gasteiger partial charge >= 0.3 is 0 Å². The van der Waals surface area contributed by atoms with Crippen LogP contribution in [0.25, 0.3) is 0 Å². The third-order valence-corrected chi connectivity index (χ3v) is 4.96. The molecule has 3 aliphatic rings.